The Hall–Kier alpha value is -2.47. The predicted molar refractivity (Wildman–Crippen MR) is 99.3 cm³/mol. The Morgan fingerprint density at radius 2 is 2.00 bits per heavy atom. The van der Waals surface area contributed by atoms with Crippen molar-refractivity contribution < 1.29 is 14.0 Å². The molecule has 0 spiro atoms. The Bertz CT molecular complexity index is 773. The van der Waals surface area contributed by atoms with Crippen molar-refractivity contribution in [3.05, 3.63) is 58.5 Å². The van der Waals surface area contributed by atoms with Gasteiger partial charge in [-0.1, -0.05) is 23.7 Å². The smallest absolute Gasteiger partial charge is 0.317 e. The molecule has 138 valence electrons. The highest BCUT2D eigenvalue weighted by molar-refractivity contribution is 6.30. The normalized spacial score (nSPS) is 17.0. The fourth-order valence-electron chi connectivity index (χ4n) is 3.16. The summed E-state index contributed by atoms with van der Waals surface area (Å²) in [6, 6.07) is 11.0. The number of likely N-dealkylation sites (tertiary alicyclic amines) is 1. The summed E-state index contributed by atoms with van der Waals surface area (Å²) in [5, 5.41) is 6.08. The monoisotopic (exact) mass is 375 g/mol. The van der Waals surface area contributed by atoms with Crippen molar-refractivity contribution >= 4 is 23.5 Å². The summed E-state index contributed by atoms with van der Waals surface area (Å²) in [6.07, 6.45) is 2.02. The highest BCUT2D eigenvalue weighted by atomic mass is 35.5. The van der Waals surface area contributed by atoms with Crippen molar-refractivity contribution in [1.29, 1.82) is 0 Å². The Morgan fingerprint density at radius 3 is 2.73 bits per heavy atom. The van der Waals surface area contributed by atoms with Crippen LogP contribution in [0.3, 0.4) is 0 Å². The molecule has 2 aromatic rings. The van der Waals surface area contributed by atoms with E-state index in [1.807, 2.05) is 29.2 Å². The number of carbonyl (C=O) groups is 2. The third kappa shape index (κ3) is 4.38. The molecule has 2 N–H and O–H groups in total. The number of furan rings is 1. The Balaban J connectivity index is 1.55. The summed E-state index contributed by atoms with van der Waals surface area (Å²) in [7, 11) is 1.54. The van der Waals surface area contributed by atoms with Gasteiger partial charge in [0.05, 0.1) is 6.54 Å². The molecule has 0 radical (unpaired) electrons. The number of amides is 3. The molecule has 0 aliphatic carbocycles. The number of hydrogen-bond donors (Lipinski definition) is 2. The second kappa shape index (κ2) is 8.27. The molecule has 7 heteroatoms. The summed E-state index contributed by atoms with van der Waals surface area (Å²) >= 11 is 5.95. The zero-order chi connectivity index (χ0) is 18.5. The van der Waals surface area contributed by atoms with Crippen LogP contribution in [0.25, 0.3) is 0 Å². The van der Waals surface area contributed by atoms with E-state index in [1.165, 1.54) is 5.56 Å². The van der Waals surface area contributed by atoms with Gasteiger partial charge in [0.15, 0.2) is 5.76 Å². The zero-order valence-electron chi connectivity index (χ0n) is 14.6. The quantitative estimate of drug-likeness (QED) is 0.860. The third-order valence-corrected chi connectivity index (χ3v) is 4.83. The fraction of sp³-hybridized carbons (Fsp3) is 0.368. The van der Waals surface area contributed by atoms with Crippen molar-refractivity contribution in [2.24, 2.45) is 0 Å². The lowest BCUT2D eigenvalue weighted by atomic mass is 9.91. The van der Waals surface area contributed by atoms with Crippen LogP contribution >= 0.6 is 11.6 Å². The van der Waals surface area contributed by atoms with E-state index in [0.29, 0.717) is 23.2 Å². The number of nitrogens with zero attached hydrogens (tertiary/aromatic N) is 1. The SMILES string of the molecule is CNC(=O)c1ccc(CNC(=O)N2CCC[C@H](c3ccc(Cl)cc3)C2)o1. The molecule has 1 saturated heterocycles. The van der Waals surface area contributed by atoms with Gasteiger partial charge in [0.25, 0.3) is 5.91 Å². The highest BCUT2D eigenvalue weighted by Gasteiger charge is 2.24. The number of piperidine rings is 1. The number of rotatable bonds is 4. The number of carbonyl (C=O) groups excluding carboxylic acids is 2. The van der Waals surface area contributed by atoms with E-state index >= 15 is 0 Å². The molecule has 0 unspecified atom stereocenters. The number of hydrogen-bond acceptors (Lipinski definition) is 3. The molecule has 1 aromatic carbocycles. The van der Waals surface area contributed by atoms with Crippen LogP contribution in [0.5, 0.6) is 0 Å². The molecule has 3 amide bonds. The minimum atomic E-state index is -0.288. The molecule has 1 aromatic heterocycles. The summed E-state index contributed by atoms with van der Waals surface area (Å²) in [6.45, 7) is 1.66. The van der Waals surface area contributed by atoms with Crippen LogP contribution < -0.4 is 10.6 Å². The van der Waals surface area contributed by atoms with Crippen LogP contribution in [0.4, 0.5) is 4.79 Å². The Labute approximate surface area is 157 Å². The highest BCUT2D eigenvalue weighted by Crippen LogP contribution is 2.27. The van der Waals surface area contributed by atoms with Gasteiger partial charge in [-0.2, -0.15) is 0 Å². The number of urea groups is 1. The van der Waals surface area contributed by atoms with Crippen molar-refractivity contribution in [2.75, 3.05) is 20.1 Å². The lowest BCUT2D eigenvalue weighted by Crippen LogP contribution is -2.44. The Morgan fingerprint density at radius 1 is 1.23 bits per heavy atom. The van der Waals surface area contributed by atoms with E-state index in [1.54, 1.807) is 19.2 Å². The van der Waals surface area contributed by atoms with Crippen LogP contribution in [0.2, 0.25) is 5.02 Å². The minimum absolute atomic E-state index is 0.124. The lowest BCUT2D eigenvalue weighted by molar-refractivity contribution is 0.0933. The molecule has 1 fully saturated rings. The average Bonchev–Trinajstić information content (AvgIpc) is 3.15. The molecule has 0 bridgehead atoms. The molecule has 1 aliphatic rings. The fourth-order valence-corrected chi connectivity index (χ4v) is 3.29. The molecule has 1 aliphatic heterocycles. The molecule has 3 rings (SSSR count). The molecule has 1 atom stereocenters. The van der Waals surface area contributed by atoms with Crippen molar-refractivity contribution in [3.63, 3.8) is 0 Å². The van der Waals surface area contributed by atoms with Gasteiger partial charge in [-0.05, 0) is 42.7 Å². The molecule has 26 heavy (non-hydrogen) atoms. The first-order valence-corrected chi connectivity index (χ1v) is 9.03. The number of halogens is 1. The van der Waals surface area contributed by atoms with Gasteiger partial charge in [-0.25, -0.2) is 4.79 Å². The molecular weight excluding hydrogens is 354 g/mol. The predicted octanol–water partition coefficient (Wildman–Crippen LogP) is 3.38. The van der Waals surface area contributed by atoms with E-state index < -0.39 is 0 Å². The first-order chi connectivity index (χ1) is 12.6. The van der Waals surface area contributed by atoms with Gasteiger partial charge in [-0.15, -0.1) is 0 Å². The maximum Gasteiger partial charge on any atom is 0.317 e. The van der Waals surface area contributed by atoms with Gasteiger partial charge < -0.3 is 20.0 Å². The molecule has 0 saturated carbocycles. The van der Waals surface area contributed by atoms with Crippen LogP contribution in [0, 0.1) is 0 Å². The maximum atomic E-state index is 12.5. The van der Waals surface area contributed by atoms with Crippen molar-refractivity contribution in [3.8, 4) is 0 Å². The maximum absolute atomic E-state index is 12.5. The van der Waals surface area contributed by atoms with Gasteiger partial charge in [0, 0.05) is 31.1 Å². The molecule has 2 heterocycles. The van der Waals surface area contributed by atoms with Gasteiger partial charge >= 0.3 is 6.03 Å². The van der Waals surface area contributed by atoms with E-state index in [0.717, 1.165) is 19.4 Å². The van der Waals surface area contributed by atoms with Crippen molar-refractivity contribution in [1.82, 2.24) is 15.5 Å². The minimum Gasteiger partial charge on any atom is -0.454 e. The van der Waals surface area contributed by atoms with Gasteiger partial charge in [0.1, 0.15) is 5.76 Å². The van der Waals surface area contributed by atoms with Gasteiger partial charge in [0.2, 0.25) is 0 Å². The second-order valence-corrected chi connectivity index (χ2v) is 6.78. The van der Waals surface area contributed by atoms with Crippen LogP contribution in [0.1, 0.15) is 40.6 Å². The van der Waals surface area contributed by atoms with E-state index in [4.69, 9.17) is 16.0 Å². The van der Waals surface area contributed by atoms with Crippen LogP contribution in [-0.4, -0.2) is 37.0 Å². The molecule has 6 nitrogen and oxygen atoms in total. The molecular formula is C19H22ClN3O3. The van der Waals surface area contributed by atoms with Crippen LogP contribution in [0.15, 0.2) is 40.8 Å². The Kier molecular flexibility index (Phi) is 5.83. The number of benzene rings is 1. The topological polar surface area (TPSA) is 74.6 Å². The lowest BCUT2D eigenvalue weighted by Gasteiger charge is -2.33. The largest absolute Gasteiger partial charge is 0.454 e. The summed E-state index contributed by atoms with van der Waals surface area (Å²) < 4.78 is 5.42. The first-order valence-electron chi connectivity index (χ1n) is 8.66. The van der Waals surface area contributed by atoms with E-state index in [9.17, 15) is 9.59 Å². The summed E-state index contributed by atoms with van der Waals surface area (Å²) in [5.74, 6) is 0.806. The van der Waals surface area contributed by atoms with Gasteiger partial charge in [-0.3, -0.25) is 4.79 Å². The summed E-state index contributed by atoms with van der Waals surface area (Å²) in [5.41, 5.74) is 1.20. The van der Waals surface area contributed by atoms with Crippen molar-refractivity contribution in [2.45, 2.75) is 25.3 Å². The third-order valence-electron chi connectivity index (χ3n) is 4.58. The number of nitrogens with one attached hydrogen (secondary N) is 2. The van der Waals surface area contributed by atoms with E-state index in [2.05, 4.69) is 10.6 Å². The first kappa shape index (κ1) is 18.3. The second-order valence-electron chi connectivity index (χ2n) is 6.34. The standard InChI is InChI=1S/C19H22ClN3O3/c1-21-18(24)17-9-8-16(26-17)11-22-19(25)23-10-2-3-14(12-23)13-4-6-15(20)7-5-13/h4-9,14H,2-3,10-12H2,1H3,(H,21,24)(H,22,25)/t14-/m0/s1. The average molecular weight is 376 g/mol. The van der Waals surface area contributed by atoms with E-state index in [-0.39, 0.29) is 24.2 Å². The zero-order valence-corrected chi connectivity index (χ0v) is 15.4. The van der Waals surface area contributed by atoms with Crippen LogP contribution in [-0.2, 0) is 6.54 Å². The summed E-state index contributed by atoms with van der Waals surface area (Å²) in [4.78, 5) is 25.8.